The lowest BCUT2D eigenvalue weighted by molar-refractivity contribution is -0.138. The van der Waals surface area contributed by atoms with E-state index in [1.165, 1.54) is 4.88 Å². The van der Waals surface area contributed by atoms with E-state index in [1.807, 2.05) is 40.6 Å². The van der Waals surface area contributed by atoms with Gasteiger partial charge in [-0.1, -0.05) is 18.2 Å². The largest absolute Gasteiger partial charge is 0.399 e. The molecule has 0 bridgehead atoms. The number of thiophene rings is 1. The topological polar surface area (TPSA) is 55.6 Å². The van der Waals surface area contributed by atoms with Crippen molar-refractivity contribution < 1.29 is 9.53 Å². The molecule has 0 saturated carbocycles. The minimum Gasteiger partial charge on any atom is -0.399 e. The Hall–Kier alpha value is -1.85. The number of hydrogen-bond donors (Lipinski definition) is 1. The Labute approximate surface area is 128 Å². The fraction of sp³-hybridized carbons (Fsp3) is 0.312. The van der Waals surface area contributed by atoms with Gasteiger partial charge in [-0.2, -0.15) is 0 Å². The summed E-state index contributed by atoms with van der Waals surface area (Å²) >= 11 is 1.67. The maximum absolute atomic E-state index is 12.4. The van der Waals surface area contributed by atoms with E-state index in [1.54, 1.807) is 11.3 Å². The molecule has 2 N–H and O–H groups in total. The van der Waals surface area contributed by atoms with Gasteiger partial charge in [0.2, 0.25) is 5.91 Å². The van der Waals surface area contributed by atoms with E-state index in [-0.39, 0.29) is 12.0 Å². The van der Waals surface area contributed by atoms with E-state index in [0.717, 1.165) is 11.3 Å². The van der Waals surface area contributed by atoms with E-state index in [9.17, 15) is 4.79 Å². The zero-order valence-electron chi connectivity index (χ0n) is 11.7. The summed E-state index contributed by atoms with van der Waals surface area (Å²) in [5, 5.41) is 2.04. The Morgan fingerprint density at radius 2 is 2.14 bits per heavy atom. The van der Waals surface area contributed by atoms with Crippen molar-refractivity contribution in [2.45, 2.75) is 12.5 Å². The van der Waals surface area contributed by atoms with Crippen molar-refractivity contribution in [1.82, 2.24) is 4.90 Å². The molecule has 1 unspecified atom stereocenters. The highest BCUT2D eigenvalue weighted by molar-refractivity contribution is 7.10. The number of morpholine rings is 1. The highest BCUT2D eigenvalue weighted by atomic mass is 32.1. The normalized spacial score (nSPS) is 18.7. The number of carbonyl (C=O) groups is 1. The lowest BCUT2D eigenvalue weighted by Crippen LogP contribution is -2.42. The molecule has 3 rings (SSSR count). The molecule has 1 aliphatic rings. The number of carbonyl (C=O) groups excluding carboxylic acids is 1. The third kappa shape index (κ3) is 3.43. The first kappa shape index (κ1) is 14.1. The molecule has 1 aromatic carbocycles. The molecular formula is C16H18N2O2S. The number of rotatable bonds is 3. The Morgan fingerprint density at radius 1 is 1.33 bits per heavy atom. The van der Waals surface area contributed by atoms with Crippen molar-refractivity contribution in [3.63, 3.8) is 0 Å². The van der Waals surface area contributed by atoms with E-state index in [4.69, 9.17) is 10.5 Å². The molecule has 2 aromatic rings. The molecule has 1 saturated heterocycles. The van der Waals surface area contributed by atoms with Crippen LogP contribution in [0.15, 0.2) is 41.8 Å². The zero-order valence-corrected chi connectivity index (χ0v) is 12.5. The Bertz CT molecular complexity index is 595. The highest BCUT2D eigenvalue weighted by Crippen LogP contribution is 2.26. The standard InChI is InChI=1S/C16H18N2O2S/c17-13-5-3-12(4-6-13)10-16(19)18-7-8-20-14(11-18)15-2-1-9-21-15/h1-6,9,14H,7-8,10-11,17H2. The lowest BCUT2D eigenvalue weighted by atomic mass is 10.1. The molecule has 5 heteroatoms. The number of ether oxygens (including phenoxy) is 1. The van der Waals surface area contributed by atoms with Gasteiger partial charge in [0.1, 0.15) is 6.10 Å². The quantitative estimate of drug-likeness (QED) is 0.886. The highest BCUT2D eigenvalue weighted by Gasteiger charge is 2.25. The lowest BCUT2D eigenvalue weighted by Gasteiger charge is -2.32. The van der Waals surface area contributed by atoms with Gasteiger partial charge in [0.25, 0.3) is 0 Å². The second kappa shape index (κ2) is 6.28. The number of nitrogen functional groups attached to an aromatic ring is 1. The monoisotopic (exact) mass is 302 g/mol. The van der Waals surface area contributed by atoms with Crippen LogP contribution in [0.25, 0.3) is 0 Å². The van der Waals surface area contributed by atoms with Crippen LogP contribution in [-0.4, -0.2) is 30.5 Å². The molecule has 1 atom stereocenters. The smallest absolute Gasteiger partial charge is 0.227 e. The van der Waals surface area contributed by atoms with Crippen LogP contribution < -0.4 is 5.73 Å². The van der Waals surface area contributed by atoms with Crippen LogP contribution in [-0.2, 0) is 16.0 Å². The maximum atomic E-state index is 12.4. The number of benzene rings is 1. The van der Waals surface area contributed by atoms with Crippen LogP contribution in [0.4, 0.5) is 5.69 Å². The minimum atomic E-state index is 0.00844. The summed E-state index contributed by atoms with van der Waals surface area (Å²) in [7, 11) is 0. The van der Waals surface area contributed by atoms with Gasteiger partial charge in [-0.15, -0.1) is 11.3 Å². The molecule has 1 aliphatic heterocycles. The SMILES string of the molecule is Nc1ccc(CC(=O)N2CCOC(c3cccs3)C2)cc1. The molecule has 0 aliphatic carbocycles. The fourth-order valence-electron chi connectivity index (χ4n) is 2.44. The number of anilines is 1. The molecule has 4 nitrogen and oxygen atoms in total. The summed E-state index contributed by atoms with van der Waals surface area (Å²) in [5.41, 5.74) is 7.37. The molecule has 21 heavy (non-hydrogen) atoms. The van der Waals surface area contributed by atoms with Crippen molar-refractivity contribution in [2.24, 2.45) is 0 Å². The van der Waals surface area contributed by atoms with Crippen molar-refractivity contribution in [3.05, 3.63) is 52.2 Å². The number of nitrogens with two attached hydrogens (primary N) is 1. The van der Waals surface area contributed by atoms with Crippen molar-refractivity contribution >= 4 is 22.9 Å². The number of nitrogens with zero attached hydrogens (tertiary/aromatic N) is 1. The van der Waals surface area contributed by atoms with Gasteiger partial charge in [-0.3, -0.25) is 4.79 Å². The van der Waals surface area contributed by atoms with E-state index in [2.05, 4.69) is 6.07 Å². The zero-order chi connectivity index (χ0) is 14.7. The summed E-state index contributed by atoms with van der Waals surface area (Å²) in [6, 6.07) is 11.5. The maximum Gasteiger partial charge on any atom is 0.227 e. The van der Waals surface area contributed by atoms with Gasteiger partial charge in [0.15, 0.2) is 0 Å². The third-order valence-corrected chi connectivity index (χ3v) is 4.58. The van der Waals surface area contributed by atoms with Gasteiger partial charge in [0, 0.05) is 17.1 Å². The summed E-state index contributed by atoms with van der Waals surface area (Å²) in [6.45, 7) is 1.89. The van der Waals surface area contributed by atoms with Gasteiger partial charge >= 0.3 is 0 Å². The van der Waals surface area contributed by atoms with Crippen LogP contribution in [0.1, 0.15) is 16.5 Å². The molecule has 2 heterocycles. The first-order chi connectivity index (χ1) is 10.2. The predicted octanol–water partition coefficient (Wildman–Crippen LogP) is 2.47. The molecule has 0 radical (unpaired) electrons. The van der Waals surface area contributed by atoms with E-state index < -0.39 is 0 Å². The summed E-state index contributed by atoms with van der Waals surface area (Å²) in [6.07, 6.45) is 0.423. The van der Waals surface area contributed by atoms with Crippen LogP contribution in [0.2, 0.25) is 0 Å². The van der Waals surface area contributed by atoms with E-state index >= 15 is 0 Å². The second-order valence-electron chi connectivity index (χ2n) is 5.13. The van der Waals surface area contributed by atoms with E-state index in [0.29, 0.717) is 26.1 Å². The number of hydrogen-bond acceptors (Lipinski definition) is 4. The van der Waals surface area contributed by atoms with Gasteiger partial charge in [0.05, 0.1) is 19.6 Å². The molecular weight excluding hydrogens is 284 g/mol. The second-order valence-corrected chi connectivity index (χ2v) is 6.11. The molecule has 110 valence electrons. The van der Waals surface area contributed by atoms with Crippen LogP contribution in [0.5, 0.6) is 0 Å². The van der Waals surface area contributed by atoms with Crippen molar-refractivity contribution in [3.8, 4) is 0 Å². The van der Waals surface area contributed by atoms with Crippen molar-refractivity contribution in [2.75, 3.05) is 25.4 Å². The third-order valence-electron chi connectivity index (χ3n) is 3.61. The predicted molar refractivity (Wildman–Crippen MR) is 84.2 cm³/mol. The Balaban J connectivity index is 1.63. The summed E-state index contributed by atoms with van der Waals surface area (Å²) in [5.74, 6) is 0.143. The van der Waals surface area contributed by atoms with Crippen LogP contribution in [0.3, 0.4) is 0 Å². The minimum absolute atomic E-state index is 0.00844. The first-order valence-electron chi connectivity index (χ1n) is 6.99. The Morgan fingerprint density at radius 3 is 2.86 bits per heavy atom. The molecule has 0 spiro atoms. The van der Waals surface area contributed by atoms with Gasteiger partial charge in [-0.05, 0) is 29.1 Å². The fourth-order valence-corrected chi connectivity index (χ4v) is 3.21. The number of amides is 1. The average Bonchev–Trinajstić information content (AvgIpc) is 3.04. The van der Waals surface area contributed by atoms with Crippen LogP contribution >= 0.6 is 11.3 Å². The first-order valence-corrected chi connectivity index (χ1v) is 7.87. The summed E-state index contributed by atoms with van der Waals surface area (Å²) < 4.78 is 5.77. The Kier molecular flexibility index (Phi) is 4.22. The van der Waals surface area contributed by atoms with Gasteiger partial charge in [-0.25, -0.2) is 0 Å². The summed E-state index contributed by atoms with van der Waals surface area (Å²) in [4.78, 5) is 15.5. The molecule has 1 aromatic heterocycles. The molecule has 1 amide bonds. The van der Waals surface area contributed by atoms with Gasteiger partial charge < -0.3 is 15.4 Å². The molecule has 1 fully saturated rings. The van der Waals surface area contributed by atoms with Crippen LogP contribution in [0, 0.1) is 0 Å². The van der Waals surface area contributed by atoms with Crippen molar-refractivity contribution in [1.29, 1.82) is 0 Å². The average molecular weight is 302 g/mol.